The third-order valence-corrected chi connectivity index (χ3v) is 3.28. The molecular weight excluding hydrogens is 282 g/mol. The van der Waals surface area contributed by atoms with E-state index in [2.05, 4.69) is 5.16 Å². The Hall–Kier alpha value is -2.44. The number of methoxy groups -OCH3 is 1. The minimum Gasteiger partial charge on any atom is -0.494 e. The summed E-state index contributed by atoms with van der Waals surface area (Å²) in [6.07, 6.45) is 1.36. The SMILES string of the molecule is COc1ccc(F)c(C(=O)N(C)C(C)c2ccon2)c1F. The normalized spacial score (nSPS) is 12.0. The van der Waals surface area contributed by atoms with Gasteiger partial charge in [-0.15, -0.1) is 0 Å². The van der Waals surface area contributed by atoms with E-state index in [1.54, 1.807) is 13.0 Å². The fourth-order valence-corrected chi connectivity index (χ4v) is 1.88. The Morgan fingerprint density at radius 3 is 2.67 bits per heavy atom. The van der Waals surface area contributed by atoms with Crippen LogP contribution in [-0.2, 0) is 0 Å². The number of nitrogens with zero attached hydrogens (tertiary/aromatic N) is 2. The van der Waals surface area contributed by atoms with E-state index < -0.39 is 29.1 Å². The number of benzene rings is 1. The molecule has 1 atom stereocenters. The molecule has 0 fully saturated rings. The third-order valence-electron chi connectivity index (χ3n) is 3.28. The van der Waals surface area contributed by atoms with Crippen LogP contribution in [0.3, 0.4) is 0 Å². The summed E-state index contributed by atoms with van der Waals surface area (Å²) in [7, 11) is 2.67. The number of halogens is 2. The lowest BCUT2D eigenvalue weighted by Gasteiger charge is -2.23. The first-order valence-electron chi connectivity index (χ1n) is 6.16. The first-order chi connectivity index (χ1) is 9.97. The average Bonchev–Trinajstić information content (AvgIpc) is 3.00. The highest BCUT2D eigenvalue weighted by atomic mass is 19.1. The topological polar surface area (TPSA) is 55.6 Å². The van der Waals surface area contributed by atoms with Gasteiger partial charge in [-0.25, -0.2) is 8.78 Å². The Kier molecular flexibility index (Phi) is 4.21. The predicted octanol–water partition coefficient (Wildman–Crippen LogP) is 2.79. The third kappa shape index (κ3) is 2.72. The van der Waals surface area contributed by atoms with Gasteiger partial charge in [-0.1, -0.05) is 5.16 Å². The molecule has 21 heavy (non-hydrogen) atoms. The number of hydrogen-bond donors (Lipinski definition) is 0. The van der Waals surface area contributed by atoms with Gasteiger partial charge in [0.1, 0.15) is 23.3 Å². The lowest BCUT2D eigenvalue weighted by Crippen LogP contribution is -2.31. The number of carbonyl (C=O) groups is 1. The molecule has 0 radical (unpaired) electrons. The van der Waals surface area contributed by atoms with E-state index in [9.17, 15) is 13.6 Å². The molecule has 5 nitrogen and oxygen atoms in total. The van der Waals surface area contributed by atoms with Gasteiger partial charge in [-0.2, -0.15) is 0 Å². The quantitative estimate of drug-likeness (QED) is 0.870. The van der Waals surface area contributed by atoms with Crippen LogP contribution < -0.4 is 4.74 Å². The van der Waals surface area contributed by atoms with Crippen LogP contribution in [0.4, 0.5) is 8.78 Å². The first kappa shape index (κ1) is 15.0. The molecular formula is C14H14F2N2O3. The molecule has 0 N–H and O–H groups in total. The molecule has 0 aliphatic heterocycles. The number of aromatic nitrogens is 1. The van der Waals surface area contributed by atoms with Crippen molar-refractivity contribution >= 4 is 5.91 Å². The molecule has 1 heterocycles. The maximum atomic E-state index is 14.1. The second-order valence-electron chi connectivity index (χ2n) is 4.45. The van der Waals surface area contributed by atoms with E-state index >= 15 is 0 Å². The van der Waals surface area contributed by atoms with Crippen LogP contribution in [0.15, 0.2) is 29.0 Å². The molecule has 0 saturated heterocycles. The number of ether oxygens (including phenoxy) is 1. The van der Waals surface area contributed by atoms with Crippen LogP contribution in [-0.4, -0.2) is 30.1 Å². The van der Waals surface area contributed by atoms with E-state index in [0.717, 1.165) is 12.1 Å². The second-order valence-corrected chi connectivity index (χ2v) is 4.45. The Bertz CT molecular complexity index is 644. The summed E-state index contributed by atoms with van der Waals surface area (Å²) >= 11 is 0. The van der Waals surface area contributed by atoms with Crippen molar-refractivity contribution in [3.05, 3.63) is 47.4 Å². The van der Waals surface area contributed by atoms with E-state index in [4.69, 9.17) is 9.26 Å². The maximum absolute atomic E-state index is 14.1. The Morgan fingerprint density at radius 2 is 2.10 bits per heavy atom. The van der Waals surface area contributed by atoms with Crippen molar-refractivity contribution in [1.82, 2.24) is 10.1 Å². The summed E-state index contributed by atoms with van der Waals surface area (Å²) in [5.74, 6) is -2.97. The minimum atomic E-state index is -1.03. The van der Waals surface area contributed by atoms with E-state index in [1.165, 1.54) is 25.3 Å². The molecule has 1 amide bonds. The summed E-state index contributed by atoms with van der Waals surface area (Å²) in [5.41, 5.74) is -0.179. The number of carbonyl (C=O) groups excluding carboxylic acids is 1. The largest absolute Gasteiger partial charge is 0.494 e. The molecule has 1 unspecified atom stereocenters. The van der Waals surface area contributed by atoms with Gasteiger partial charge in [0.25, 0.3) is 5.91 Å². The van der Waals surface area contributed by atoms with Gasteiger partial charge in [-0.05, 0) is 19.1 Å². The highest BCUT2D eigenvalue weighted by Crippen LogP contribution is 2.26. The monoisotopic (exact) mass is 296 g/mol. The van der Waals surface area contributed by atoms with E-state index in [1.807, 2.05) is 0 Å². The van der Waals surface area contributed by atoms with Crippen molar-refractivity contribution in [1.29, 1.82) is 0 Å². The van der Waals surface area contributed by atoms with Gasteiger partial charge in [0.2, 0.25) is 0 Å². The lowest BCUT2D eigenvalue weighted by molar-refractivity contribution is 0.0726. The fourth-order valence-electron chi connectivity index (χ4n) is 1.88. The number of rotatable bonds is 4. The van der Waals surface area contributed by atoms with Crippen LogP contribution in [0.2, 0.25) is 0 Å². The lowest BCUT2D eigenvalue weighted by atomic mass is 10.1. The van der Waals surface area contributed by atoms with Gasteiger partial charge >= 0.3 is 0 Å². The molecule has 0 spiro atoms. The summed E-state index contributed by atoms with van der Waals surface area (Å²) in [6.45, 7) is 1.67. The van der Waals surface area contributed by atoms with Gasteiger partial charge in [0.15, 0.2) is 11.6 Å². The van der Waals surface area contributed by atoms with Crippen LogP contribution in [0.1, 0.15) is 29.0 Å². The van der Waals surface area contributed by atoms with Crippen LogP contribution in [0.5, 0.6) is 5.75 Å². The second kappa shape index (κ2) is 5.90. The number of amides is 1. The molecule has 1 aromatic carbocycles. The van der Waals surface area contributed by atoms with Crippen LogP contribution in [0.25, 0.3) is 0 Å². The smallest absolute Gasteiger partial charge is 0.260 e. The van der Waals surface area contributed by atoms with Crippen molar-refractivity contribution in [3.63, 3.8) is 0 Å². The minimum absolute atomic E-state index is 0.192. The van der Waals surface area contributed by atoms with Crippen LogP contribution >= 0.6 is 0 Å². The highest BCUT2D eigenvalue weighted by molar-refractivity contribution is 5.95. The molecule has 1 aromatic heterocycles. The number of hydrogen-bond acceptors (Lipinski definition) is 4. The molecule has 0 aliphatic carbocycles. The van der Waals surface area contributed by atoms with Gasteiger partial charge in [0.05, 0.1) is 13.2 Å². The zero-order valence-corrected chi connectivity index (χ0v) is 11.8. The van der Waals surface area contributed by atoms with Crippen molar-refractivity contribution in [2.24, 2.45) is 0 Å². The summed E-state index contributed by atoms with van der Waals surface area (Å²) in [6, 6.07) is 3.19. The maximum Gasteiger partial charge on any atom is 0.260 e. The molecule has 0 bridgehead atoms. The molecule has 2 aromatic rings. The summed E-state index contributed by atoms with van der Waals surface area (Å²) in [5, 5.41) is 3.71. The van der Waals surface area contributed by atoms with Crippen molar-refractivity contribution < 1.29 is 22.8 Å². The molecule has 2 rings (SSSR count). The van der Waals surface area contributed by atoms with E-state index in [-0.39, 0.29) is 5.75 Å². The molecule has 112 valence electrons. The zero-order valence-electron chi connectivity index (χ0n) is 11.8. The zero-order chi connectivity index (χ0) is 15.6. The Balaban J connectivity index is 2.36. The van der Waals surface area contributed by atoms with Crippen molar-refractivity contribution in [2.75, 3.05) is 14.2 Å². The van der Waals surface area contributed by atoms with E-state index in [0.29, 0.717) is 5.69 Å². The summed E-state index contributed by atoms with van der Waals surface area (Å²) in [4.78, 5) is 13.5. The molecule has 0 aliphatic rings. The Morgan fingerprint density at radius 1 is 1.38 bits per heavy atom. The fraction of sp³-hybridized carbons (Fsp3) is 0.286. The molecule has 7 heteroatoms. The van der Waals surface area contributed by atoms with Crippen molar-refractivity contribution in [2.45, 2.75) is 13.0 Å². The predicted molar refractivity (Wildman–Crippen MR) is 69.9 cm³/mol. The highest BCUT2D eigenvalue weighted by Gasteiger charge is 2.27. The van der Waals surface area contributed by atoms with Crippen molar-refractivity contribution in [3.8, 4) is 5.75 Å². The Labute approximate surface area is 120 Å². The standard InChI is InChI=1S/C14H14F2N2O3/c1-8(10-6-7-21-17-10)18(2)14(19)12-9(15)4-5-11(20-3)13(12)16/h4-8H,1-3H3. The van der Waals surface area contributed by atoms with Gasteiger partial charge < -0.3 is 14.2 Å². The van der Waals surface area contributed by atoms with Crippen LogP contribution in [0, 0.1) is 11.6 Å². The van der Waals surface area contributed by atoms with Gasteiger partial charge in [0, 0.05) is 13.1 Å². The first-order valence-corrected chi connectivity index (χ1v) is 6.16. The molecule has 0 saturated carbocycles. The van der Waals surface area contributed by atoms with Gasteiger partial charge in [-0.3, -0.25) is 4.79 Å². The summed E-state index contributed by atoms with van der Waals surface area (Å²) < 4.78 is 37.4. The average molecular weight is 296 g/mol.